The molecular weight excluding hydrogens is 304 g/mol. The second-order valence-electron chi connectivity index (χ2n) is 4.22. The molecule has 1 unspecified atom stereocenters. The first kappa shape index (κ1) is 13.2. The number of nitrogens with one attached hydrogen (secondary N) is 1. The second kappa shape index (κ2) is 5.61. The van der Waals surface area contributed by atoms with Gasteiger partial charge in [-0.2, -0.15) is 0 Å². The van der Waals surface area contributed by atoms with Gasteiger partial charge in [-0.05, 0) is 31.4 Å². The molecule has 1 amide bonds. The minimum absolute atomic E-state index is 0.211. The van der Waals surface area contributed by atoms with Gasteiger partial charge in [-0.15, -0.1) is 0 Å². The summed E-state index contributed by atoms with van der Waals surface area (Å²) in [5, 5.41) is 2.33. The van der Waals surface area contributed by atoms with Gasteiger partial charge in [0.1, 0.15) is 5.69 Å². The fraction of sp³-hybridized carbons (Fsp3) is 0.308. The maximum atomic E-state index is 13.5. The summed E-state index contributed by atoms with van der Waals surface area (Å²) in [5.41, 5.74) is -0.377. The highest BCUT2D eigenvalue weighted by Gasteiger charge is 2.21. The SMILES string of the molecule is O=C(Nc1c(F)cc(Br)cc1F)C1CC=CCC1. The third-order valence-corrected chi connectivity index (χ3v) is 3.35. The van der Waals surface area contributed by atoms with Crippen LogP contribution in [0.1, 0.15) is 19.3 Å². The van der Waals surface area contributed by atoms with E-state index < -0.39 is 11.6 Å². The van der Waals surface area contributed by atoms with Gasteiger partial charge in [-0.3, -0.25) is 4.79 Å². The van der Waals surface area contributed by atoms with E-state index in [2.05, 4.69) is 21.2 Å². The van der Waals surface area contributed by atoms with Crippen LogP contribution in [0.25, 0.3) is 0 Å². The van der Waals surface area contributed by atoms with Crippen LogP contribution in [-0.4, -0.2) is 5.91 Å². The molecule has 0 saturated carbocycles. The van der Waals surface area contributed by atoms with E-state index in [4.69, 9.17) is 0 Å². The molecule has 2 rings (SSSR count). The largest absolute Gasteiger partial charge is 0.321 e. The van der Waals surface area contributed by atoms with Crippen molar-refractivity contribution in [1.82, 2.24) is 0 Å². The fourth-order valence-corrected chi connectivity index (χ4v) is 2.32. The van der Waals surface area contributed by atoms with Gasteiger partial charge in [0, 0.05) is 10.4 Å². The number of carbonyl (C=O) groups excluding carboxylic acids is 1. The van der Waals surface area contributed by atoms with Crippen molar-refractivity contribution in [2.24, 2.45) is 5.92 Å². The number of halogens is 3. The summed E-state index contributed by atoms with van der Waals surface area (Å²) < 4.78 is 27.4. The smallest absolute Gasteiger partial charge is 0.227 e. The normalized spacial score (nSPS) is 18.7. The van der Waals surface area contributed by atoms with Crippen LogP contribution >= 0.6 is 15.9 Å². The van der Waals surface area contributed by atoms with Crippen LogP contribution < -0.4 is 5.32 Å². The van der Waals surface area contributed by atoms with Crippen LogP contribution in [0, 0.1) is 17.6 Å². The zero-order chi connectivity index (χ0) is 13.1. The van der Waals surface area contributed by atoms with Crippen molar-refractivity contribution < 1.29 is 13.6 Å². The topological polar surface area (TPSA) is 29.1 Å². The van der Waals surface area contributed by atoms with Gasteiger partial charge in [-0.25, -0.2) is 8.78 Å². The zero-order valence-electron chi connectivity index (χ0n) is 9.55. The molecule has 0 aromatic heterocycles. The van der Waals surface area contributed by atoms with Crippen LogP contribution in [-0.2, 0) is 4.79 Å². The monoisotopic (exact) mass is 315 g/mol. The molecule has 0 aliphatic heterocycles. The highest BCUT2D eigenvalue weighted by molar-refractivity contribution is 9.10. The van der Waals surface area contributed by atoms with Crippen molar-refractivity contribution in [2.75, 3.05) is 5.32 Å². The highest BCUT2D eigenvalue weighted by atomic mass is 79.9. The molecule has 0 spiro atoms. The average molecular weight is 316 g/mol. The molecule has 5 heteroatoms. The summed E-state index contributed by atoms with van der Waals surface area (Å²) in [6.07, 6.45) is 6.07. The standard InChI is InChI=1S/C13H12BrF2NO/c14-9-6-10(15)12(11(16)7-9)17-13(18)8-4-2-1-3-5-8/h1-2,6-8H,3-5H2,(H,17,18). The van der Waals surface area contributed by atoms with E-state index in [1.165, 1.54) is 0 Å². The lowest BCUT2D eigenvalue weighted by atomic mass is 9.93. The first-order chi connectivity index (χ1) is 8.58. The van der Waals surface area contributed by atoms with E-state index >= 15 is 0 Å². The van der Waals surface area contributed by atoms with E-state index in [-0.39, 0.29) is 17.5 Å². The summed E-state index contributed by atoms with van der Waals surface area (Å²) in [6, 6.07) is 2.25. The quantitative estimate of drug-likeness (QED) is 0.820. The van der Waals surface area contributed by atoms with Gasteiger partial charge in [0.05, 0.1) is 0 Å². The summed E-state index contributed by atoms with van der Waals surface area (Å²) in [4.78, 5) is 11.9. The van der Waals surface area contributed by atoms with Crippen molar-refractivity contribution >= 4 is 27.5 Å². The fourth-order valence-electron chi connectivity index (χ4n) is 1.92. The first-order valence-corrected chi connectivity index (χ1v) is 6.47. The molecule has 96 valence electrons. The number of rotatable bonds is 2. The summed E-state index contributed by atoms with van der Waals surface area (Å²) in [5.74, 6) is -2.10. The Balaban J connectivity index is 2.14. The molecule has 0 radical (unpaired) electrons. The van der Waals surface area contributed by atoms with E-state index in [0.29, 0.717) is 17.3 Å². The third kappa shape index (κ3) is 2.96. The molecular formula is C13H12BrF2NO. The van der Waals surface area contributed by atoms with Gasteiger partial charge in [0.25, 0.3) is 0 Å². The Morgan fingerprint density at radius 2 is 1.94 bits per heavy atom. The molecule has 1 aliphatic rings. The number of allylic oxidation sites excluding steroid dienone is 2. The average Bonchev–Trinajstić information content (AvgIpc) is 2.34. The minimum atomic E-state index is -0.776. The third-order valence-electron chi connectivity index (χ3n) is 2.89. The molecule has 1 aliphatic carbocycles. The Labute approximate surface area is 112 Å². The second-order valence-corrected chi connectivity index (χ2v) is 5.13. The number of amides is 1. The van der Waals surface area contributed by atoms with Crippen LogP contribution in [0.3, 0.4) is 0 Å². The number of hydrogen-bond acceptors (Lipinski definition) is 1. The highest BCUT2D eigenvalue weighted by Crippen LogP contribution is 2.26. The van der Waals surface area contributed by atoms with Gasteiger partial charge < -0.3 is 5.32 Å². The maximum Gasteiger partial charge on any atom is 0.227 e. The molecule has 0 bridgehead atoms. The van der Waals surface area contributed by atoms with Crippen LogP contribution in [0.4, 0.5) is 14.5 Å². The summed E-state index contributed by atoms with van der Waals surface area (Å²) in [6.45, 7) is 0. The lowest BCUT2D eigenvalue weighted by Crippen LogP contribution is -2.24. The Morgan fingerprint density at radius 1 is 1.28 bits per heavy atom. The van der Waals surface area contributed by atoms with Gasteiger partial charge in [0.2, 0.25) is 5.91 Å². The molecule has 1 aromatic rings. The lowest BCUT2D eigenvalue weighted by Gasteiger charge is -2.17. The number of anilines is 1. The molecule has 0 heterocycles. The lowest BCUT2D eigenvalue weighted by molar-refractivity contribution is -0.120. The molecule has 0 fully saturated rings. The van der Waals surface area contributed by atoms with Crippen molar-refractivity contribution in [3.8, 4) is 0 Å². The Kier molecular flexibility index (Phi) is 4.11. The summed E-state index contributed by atoms with van der Waals surface area (Å²) in [7, 11) is 0. The van der Waals surface area contributed by atoms with E-state index in [0.717, 1.165) is 18.6 Å². The van der Waals surface area contributed by atoms with Crippen LogP contribution in [0.2, 0.25) is 0 Å². The Bertz CT molecular complexity index is 479. The van der Waals surface area contributed by atoms with Crippen molar-refractivity contribution in [2.45, 2.75) is 19.3 Å². The number of benzene rings is 1. The van der Waals surface area contributed by atoms with Crippen molar-refractivity contribution in [3.05, 3.63) is 40.4 Å². The van der Waals surface area contributed by atoms with Crippen molar-refractivity contribution in [3.63, 3.8) is 0 Å². The molecule has 2 nitrogen and oxygen atoms in total. The predicted molar refractivity (Wildman–Crippen MR) is 69.2 cm³/mol. The first-order valence-electron chi connectivity index (χ1n) is 5.68. The molecule has 1 aromatic carbocycles. The number of hydrogen-bond donors (Lipinski definition) is 1. The van der Waals surface area contributed by atoms with E-state index in [1.54, 1.807) is 0 Å². The van der Waals surface area contributed by atoms with Crippen molar-refractivity contribution in [1.29, 1.82) is 0 Å². The maximum absolute atomic E-state index is 13.5. The summed E-state index contributed by atoms with van der Waals surface area (Å²) >= 11 is 2.99. The molecule has 18 heavy (non-hydrogen) atoms. The molecule has 1 N–H and O–H groups in total. The molecule has 1 atom stereocenters. The van der Waals surface area contributed by atoms with Gasteiger partial charge >= 0.3 is 0 Å². The van der Waals surface area contributed by atoms with Crippen LogP contribution in [0.15, 0.2) is 28.8 Å². The van der Waals surface area contributed by atoms with Crippen LogP contribution in [0.5, 0.6) is 0 Å². The van der Waals surface area contributed by atoms with E-state index in [9.17, 15) is 13.6 Å². The minimum Gasteiger partial charge on any atom is -0.321 e. The zero-order valence-corrected chi connectivity index (χ0v) is 11.1. The Hall–Kier alpha value is -1.23. The Morgan fingerprint density at radius 3 is 2.50 bits per heavy atom. The number of carbonyl (C=O) groups is 1. The van der Waals surface area contributed by atoms with E-state index in [1.807, 2.05) is 12.2 Å². The molecule has 0 saturated heterocycles. The van der Waals surface area contributed by atoms with Gasteiger partial charge in [-0.1, -0.05) is 28.1 Å². The van der Waals surface area contributed by atoms with Gasteiger partial charge in [0.15, 0.2) is 11.6 Å². The predicted octanol–water partition coefficient (Wildman–Crippen LogP) is 4.02.